The number of aromatic nitrogens is 2. The largest absolute Gasteiger partial charge is 0.493 e. The molecule has 2 aromatic carbocycles. The Labute approximate surface area is 265 Å². The number of benzene rings is 2. The molecule has 0 aliphatic carbocycles. The summed E-state index contributed by atoms with van der Waals surface area (Å²) in [4.78, 5) is 14.5. The molecule has 0 unspecified atom stereocenters. The zero-order chi connectivity index (χ0) is 31.8. The summed E-state index contributed by atoms with van der Waals surface area (Å²) in [6.07, 6.45) is 5.03. The van der Waals surface area contributed by atoms with Gasteiger partial charge in [0, 0.05) is 49.7 Å². The summed E-state index contributed by atoms with van der Waals surface area (Å²) in [6, 6.07) is 16.1. The molecule has 0 spiro atoms. The third-order valence-corrected chi connectivity index (χ3v) is 8.06. The second-order valence-electron chi connectivity index (χ2n) is 10.8. The standard InChI is InChI=1S/C35H42N4O6/c1-40-30-16-26(17-31(41-2)34(30)44-5)28-10-8-24(20-36-28)22-38-12-7-13-39(15-14-38)23-25-9-11-29(37-21-25)27-18-32(42-3)35(45-6)33(19-27)43-4/h8-11,16-21H,7,12-15,22-23H2,1-6H3. The van der Waals surface area contributed by atoms with Crippen LogP contribution in [0.1, 0.15) is 17.5 Å². The quantitative estimate of drug-likeness (QED) is 0.202. The summed E-state index contributed by atoms with van der Waals surface area (Å²) < 4.78 is 32.9. The molecule has 0 radical (unpaired) electrons. The fourth-order valence-electron chi connectivity index (χ4n) is 5.69. The van der Waals surface area contributed by atoms with Crippen LogP contribution in [0.2, 0.25) is 0 Å². The van der Waals surface area contributed by atoms with Crippen molar-refractivity contribution in [3.05, 3.63) is 72.1 Å². The second-order valence-corrected chi connectivity index (χ2v) is 10.8. The van der Waals surface area contributed by atoms with Crippen LogP contribution in [0.25, 0.3) is 22.5 Å². The van der Waals surface area contributed by atoms with Gasteiger partial charge in [-0.15, -0.1) is 0 Å². The minimum Gasteiger partial charge on any atom is -0.493 e. The van der Waals surface area contributed by atoms with E-state index in [-0.39, 0.29) is 0 Å². The molecule has 0 bridgehead atoms. The van der Waals surface area contributed by atoms with Crippen molar-refractivity contribution in [2.45, 2.75) is 19.5 Å². The highest BCUT2D eigenvalue weighted by atomic mass is 16.5. The summed E-state index contributed by atoms with van der Waals surface area (Å²) in [5.41, 5.74) is 5.90. The van der Waals surface area contributed by atoms with Crippen molar-refractivity contribution in [3.8, 4) is 57.0 Å². The van der Waals surface area contributed by atoms with E-state index in [9.17, 15) is 0 Å². The topological polar surface area (TPSA) is 87.6 Å². The fraction of sp³-hybridized carbons (Fsp3) is 0.371. The highest BCUT2D eigenvalue weighted by molar-refractivity contribution is 5.69. The first-order chi connectivity index (χ1) is 22.0. The van der Waals surface area contributed by atoms with Crippen LogP contribution in [0.15, 0.2) is 60.9 Å². The van der Waals surface area contributed by atoms with Crippen LogP contribution in [-0.2, 0) is 13.1 Å². The first kappa shape index (κ1) is 31.9. The highest BCUT2D eigenvalue weighted by Crippen LogP contribution is 2.42. The zero-order valence-electron chi connectivity index (χ0n) is 27.0. The van der Waals surface area contributed by atoms with Crippen molar-refractivity contribution < 1.29 is 28.4 Å². The molecule has 3 heterocycles. The van der Waals surface area contributed by atoms with Gasteiger partial charge in [0.15, 0.2) is 23.0 Å². The number of hydrogen-bond acceptors (Lipinski definition) is 10. The van der Waals surface area contributed by atoms with Gasteiger partial charge in [0.05, 0.1) is 54.0 Å². The maximum Gasteiger partial charge on any atom is 0.203 e. The number of nitrogens with zero attached hydrogens (tertiary/aromatic N) is 4. The minimum atomic E-state index is 0.569. The summed E-state index contributed by atoms with van der Waals surface area (Å²) in [5.74, 6) is 3.57. The maximum absolute atomic E-state index is 5.51. The second kappa shape index (κ2) is 15.0. The third-order valence-electron chi connectivity index (χ3n) is 8.06. The lowest BCUT2D eigenvalue weighted by atomic mass is 10.1. The molecule has 238 valence electrons. The highest BCUT2D eigenvalue weighted by Gasteiger charge is 2.18. The predicted molar refractivity (Wildman–Crippen MR) is 174 cm³/mol. The van der Waals surface area contributed by atoms with Crippen molar-refractivity contribution in [1.82, 2.24) is 19.8 Å². The molecule has 4 aromatic rings. The zero-order valence-corrected chi connectivity index (χ0v) is 27.0. The van der Waals surface area contributed by atoms with Crippen LogP contribution in [0.4, 0.5) is 0 Å². The number of methoxy groups -OCH3 is 6. The molecule has 0 atom stereocenters. The van der Waals surface area contributed by atoms with E-state index in [2.05, 4.69) is 34.1 Å². The fourth-order valence-corrected chi connectivity index (χ4v) is 5.69. The molecule has 1 fully saturated rings. The van der Waals surface area contributed by atoms with Crippen LogP contribution >= 0.6 is 0 Å². The molecule has 0 N–H and O–H groups in total. The molecule has 5 rings (SSSR count). The number of hydrogen-bond donors (Lipinski definition) is 0. The Bertz CT molecular complexity index is 1390. The van der Waals surface area contributed by atoms with E-state index in [0.717, 1.165) is 68.2 Å². The van der Waals surface area contributed by atoms with Crippen molar-refractivity contribution in [3.63, 3.8) is 0 Å². The lowest BCUT2D eigenvalue weighted by molar-refractivity contribution is 0.247. The molecule has 10 nitrogen and oxygen atoms in total. The van der Waals surface area contributed by atoms with Gasteiger partial charge in [0.1, 0.15) is 0 Å². The third kappa shape index (κ3) is 7.41. The summed E-state index contributed by atoms with van der Waals surface area (Å²) in [7, 11) is 9.67. The van der Waals surface area contributed by atoms with Crippen LogP contribution in [0.5, 0.6) is 34.5 Å². The molecule has 1 saturated heterocycles. The van der Waals surface area contributed by atoms with Gasteiger partial charge in [-0.2, -0.15) is 0 Å². The Morgan fingerprint density at radius 2 is 0.889 bits per heavy atom. The summed E-state index contributed by atoms with van der Waals surface area (Å²) in [6.45, 7) is 5.80. The Hall–Kier alpha value is -4.54. The average Bonchev–Trinajstić information content (AvgIpc) is 3.31. The van der Waals surface area contributed by atoms with Gasteiger partial charge in [-0.1, -0.05) is 12.1 Å². The van der Waals surface area contributed by atoms with E-state index in [1.807, 2.05) is 36.7 Å². The van der Waals surface area contributed by atoms with Gasteiger partial charge >= 0.3 is 0 Å². The SMILES string of the molecule is COc1cc(-c2ccc(CN3CCCN(Cc4ccc(-c5cc(OC)c(OC)c(OC)c5)nc4)CC3)cn2)cc(OC)c1OC. The summed E-state index contributed by atoms with van der Waals surface area (Å²) in [5, 5.41) is 0. The van der Waals surface area contributed by atoms with Gasteiger partial charge < -0.3 is 28.4 Å². The lowest BCUT2D eigenvalue weighted by Gasteiger charge is -2.22. The predicted octanol–water partition coefficient (Wildman–Crippen LogP) is 5.57. The molecule has 1 aliphatic rings. The first-order valence-electron chi connectivity index (χ1n) is 15.0. The van der Waals surface area contributed by atoms with Crippen molar-refractivity contribution in [2.24, 2.45) is 0 Å². The van der Waals surface area contributed by atoms with E-state index < -0.39 is 0 Å². The number of rotatable bonds is 12. The Morgan fingerprint density at radius 3 is 1.18 bits per heavy atom. The monoisotopic (exact) mass is 614 g/mol. The van der Waals surface area contributed by atoms with E-state index in [1.54, 1.807) is 42.7 Å². The van der Waals surface area contributed by atoms with Gasteiger partial charge in [0.2, 0.25) is 11.5 Å². The van der Waals surface area contributed by atoms with E-state index in [0.29, 0.717) is 34.5 Å². The molecular weight excluding hydrogens is 572 g/mol. The summed E-state index contributed by atoms with van der Waals surface area (Å²) >= 11 is 0. The van der Waals surface area contributed by atoms with Crippen LogP contribution in [0, 0.1) is 0 Å². The maximum atomic E-state index is 5.51. The Morgan fingerprint density at radius 1 is 0.511 bits per heavy atom. The first-order valence-corrected chi connectivity index (χ1v) is 15.0. The number of pyridine rings is 2. The van der Waals surface area contributed by atoms with Gasteiger partial charge in [-0.3, -0.25) is 19.8 Å². The van der Waals surface area contributed by atoms with Gasteiger partial charge in [-0.25, -0.2) is 0 Å². The van der Waals surface area contributed by atoms with Gasteiger partial charge in [-0.05, 0) is 67.0 Å². The lowest BCUT2D eigenvalue weighted by Crippen LogP contribution is -2.30. The normalized spacial score (nSPS) is 14.0. The molecule has 45 heavy (non-hydrogen) atoms. The molecule has 0 saturated carbocycles. The van der Waals surface area contributed by atoms with Crippen molar-refractivity contribution in [2.75, 3.05) is 68.8 Å². The van der Waals surface area contributed by atoms with Crippen molar-refractivity contribution >= 4 is 0 Å². The average molecular weight is 615 g/mol. The minimum absolute atomic E-state index is 0.569. The number of ether oxygens (including phenoxy) is 6. The van der Waals surface area contributed by atoms with Crippen LogP contribution < -0.4 is 28.4 Å². The molecule has 10 heteroatoms. The van der Waals surface area contributed by atoms with Gasteiger partial charge in [0.25, 0.3) is 0 Å². The van der Waals surface area contributed by atoms with E-state index in [4.69, 9.17) is 38.4 Å². The smallest absolute Gasteiger partial charge is 0.203 e. The molecule has 0 amide bonds. The molecular formula is C35H42N4O6. The molecule has 2 aromatic heterocycles. The van der Waals surface area contributed by atoms with E-state index >= 15 is 0 Å². The Balaban J connectivity index is 1.18. The molecule has 1 aliphatic heterocycles. The van der Waals surface area contributed by atoms with Crippen LogP contribution in [0.3, 0.4) is 0 Å². The Kier molecular flexibility index (Phi) is 10.6. The van der Waals surface area contributed by atoms with Crippen molar-refractivity contribution in [1.29, 1.82) is 0 Å². The van der Waals surface area contributed by atoms with E-state index in [1.165, 1.54) is 11.1 Å². The van der Waals surface area contributed by atoms with Crippen LogP contribution in [-0.4, -0.2) is 88.6 Å².